The standard InChI is InChI=1S/C18H13F3N2O3S/c19-10-1-3-11(4-2-10)23(15(24)7-8-16(25)26)9-14-22-18-13(27-14)6-5-12(20)17(18)21/h1-6H,7-9H2,(H,25,26). The summed E-state index contributed by atoms with van der Waals surface area (Å²) in [6, 6.07) is 7.47. The topological polar surface area (TPSA) is 70.5 Å². The quantitative estimate of drug-likeness (QED) is 0.683. The van der Waals surface area contributed by atoms with E-state index in [1.54, 1.807) is 0 Å². The lowest BCUT2D eigenvalue weighted by Gasteiger charge is -2.21. The fourth-order valence-electron chi connectivity index (χ4n) is 2.48. The van der Waals surface area contributed by atoms with Crippen molar-refractivity contribution in [2.75, 3.05) is 4.90 Å². The zero-order valence-electron chi connectivity index (χ0n) is 13.8. The molecule has 3 rings (SSSR count). The Bertz CT molecular complexity index is 1010. The molecule has 0 bridgehead atoms. The van der Waals surface area contributed by atoms with Crippen molar-refractivity contribution in [3.05, 3.63) is 58.9 Å². The van der Waals surface area contributed by atoms with Crippen LogP contribution in [-0.4, -0.2) is 22.0 Å². The number of thiazole rings is 1. The highest BCUT2D eigenvalue weighted by molar-refractivity contribution is 7.18. The number of hydrogen-bond acceptors (Lipinski definition) is 4. The molecule has 27 heavy (non-hydrogen) atoms. The highest BCUT2D eigenvalue weighted by Crippen LogP contribution is 2.28. The molecule has 0 aliphatic rings. The SMILES string of the molecule is O=C(O)CCC(=O)N(Cc1nc2c(F)c(F)ccc2s1)c1ccc(F)cc1. The third kappa shape index (κ3) is 4.25. The molecular formula is C18H13F3N2O3S. The number of halogens is 3. The number of nitrogens with zero attached hydrogens (tertiary/aromatic N) is 2. The molecule has 1 heterocycles. The highest BCUT2D eigenvalue weighted by Gasteiger charge is 2.20. The molecule has 0 aliphatic carbocycles. The Kier molecular flexibility index (Phi) is 5.41. The molecule has 0 atom stereocenters. The molecule has 0 radical (unpaired) electrons. The summed E-state index contributed by atoms with van der Waals surface area (Å²) in [5.41, 5.74) is 0.213. The number of rotatable bonds is 6. The molecule has 2 aromatic carbocycles. The maximum Gasteiger partial charge on any atom is 0.303 e. The summed E-state index contributed by atoms with van der Waals surface area (Å²) in [4.78, 5) is 28.5. The predicted molar refractivity (Wildman–Crippen MR) is 94.0 cm³/mol. The van der Waals surface area contributed by atoms with Gasteiger partial charge in [0.1, 0.15) is 16.3 Å². The van der Waals surface area contributed by atoms with Gasteiger partial charge in [0.25, 0.3) is 0 Å². The van der Waals surface area contributed by atoms with Crippen LogP contribution in [0, 0.1) is 17.5 Å². The van der Waals surface area contributed by atoms with E-state index in [4.69, 9.17) is 5.11 Å². The Morgan fingerprint density at radius 3 is 2.41 bits per heavy atom. The molecule has 0 fully saturated rings. The number of hydrogen-bond donors (Lipinski definition) is 1. The molecule has 0 aliphatic heterocycles. The van der Waals surface area contributed by atoms with Gasteiger partial charge in [0, 0.05) is 12.1 Å². The monoisotopic (exact) mass is 394 g/mol. The van der Waals surface area contributed by atoms with Gasteiger partial charge in [0.05, 0.1) is 17.7 Å². The van der Waals surface area contributed by atoms with E-state index in [1.165, 1.54) is 35.2 Å². The van der Waals surface area contributed by atoms with Crippen LogP contribution in [0.4, 0.5) is 18.9 Å². The van der Waals surface area contributed by atoms with E-state index in [0.717, 1.165) is 17.4 Å². The number of fused-ring (bicyclic) bond motifs is 1. The van der Waals surface area contributed by atoms with Crippen molar-refractivity contribution < 1.29 is 27.9 Å². The van der Waals surface area contributed by atoms with E-state index in [-0.39, 0.29) is 24.9 Å². The lowest BCUT2D eigenvalue weighted by Crippen LogP contribution is -2.30. The van der Waals surface area contributed by atoms with Crippen LogP contribution < -0.4 is 4.90 Å². The largest absolute Gasteiger partial charge is 0.481 e. The van der Waals surface area contributed by atoms with E-state index in [1.807, 2.05) is 0 Å². The average Bonchev–Trinajstić information content (AvgIpc) is 3.05. The second-order valence-electron chi connectivity index (χ2n) is 5.67. The Hall–Kier alpha value is -2.94. The molecule has 3 aromatic rings. The van der Waals surface area contributed by atoms with E-state index < -0.39 is 29.3 Å². The van der Waals surface area contributed by atoms with E-state index >= 15 is 0 Å². The maximum absolute atomic E-state index is 13.9. The van der Waals surface area contributed by atoms with Gasteiger partial charge in [-0.2, -0.15) is 0 Å². The summed E-state index contributed by atoms with van der Waals surface area (Å²) in [6.45, 7) is -0.0789. The lowest BCUT2D eigenvalue weighted by molar-refractivity contribution is -0.138. The van der Waals surface area contributed by atoms with Crippen molar-refractivity contribution in [2.45, 2.75) is 19.4 Å². The van der Waals surface area contributed by atoms with Crippen LogP contribution in [0.25, 0.3) is 10.2 Å². The summed E-state index contributed by atoms with van der Waals surface area (Å²) in [7, 11) is 0. The summed E-state index contributed by atoms with van der Waals surface area (Å²) < 4.78 is 40.8. The summed E-state index contributed by atoms with van der Waals surface area (Å²) in [5, 5.41) is 9.12. The van der Waals surface area contributed by atoms with Gasteiger partial charge in [0.15, 0.2) is 11.6 Å². The zero-order chi connectivity index (χ0) is 19.6. The molecular weight excluding hydrogens is 381 g/mol. The van der Waals surface area contributed by atoms with E-state index in [0.29, 0.717) is 15.4 Å². The number of anilines is 1. The second-order valence-corrected chi connectivity index (χ2v) is 6.78. The van der Waals surface area contributed by atoms with Crippen molar-refractivity contribution in [1.82, 2.24) is 4.98 Å². The van der Waals surface area contributed by atoms with Crippen LogP contribution >= 0.6 is 11.3 Å². The summed E-state index contributed by atoms with van der Waals surface area (Å²) in [5.74, 6) is -4.21. The second kappa shape index (κ2) is 7.75. The zero-order valence-corrected chi connectivity index (χ0v) is 14.6. The van der Waals surface area contributed by atoms with Gasteiger partial charge in [-0.1, -0.05) is 0 Å². The Morgan fingerprint density at radius 2 is 1.74 bits per heavy atom. The molecule has 1 amide bonds. The van der Waals surface area contributed by atoms with Crippen molar-refractivity contribution in [2.24, 2.45) is 0 Å². The van der Waals surface area contributed by atoms with Gasteiger partial charge in [-0.15, -0.1) is 11.3 Å². The first kappa shape index (κ1) is 18.8. The van der Waals surface area contributed by atoms with E-state index in [2.05, 4.69) is 4.98 Å². The Labute approximate surface area is 155 Å². The van der Waals surface area contributed by atoms with Gasteiger partial charge in [-0.05, 0) is 36.4 Å². The number of benzene rings is 2. The number of carboxylic acid groups (broad SMARTS) is 1. The van der Waals surface area contributed by atoms with Gasteiger partial charge in [-0.25, -0.2) is 18.2 Å². The van der Waals surface area contributed by atoms with Crippen molar-refractivity contribution >= 4 is 39.1 Å². The molecule has 9 heteroatoms. The third-order valence-corrected chi connectivity index (χ3v) is 4.79. The molecule has 0 saturated carbocycles. The minimum atomic E-state index is -1.13. The minimum Gasteiger partial charge on any atom is -0.481 e. The van der Waals surface area contributed by atoms with Gasteiger partial charge < -0.3 is 10.0 Å². The van der Waals surface area contributed by atoms with Crippen LogP contribution in [-0.2, 0) is 16.1 Å². The maximum atomic E-state index is 13.9. The summed E-state index contributed by atoms with van der Waals surface area (Å²) in [6.07, 6.45) is -0.628. The number of aromatic nitrogens is 1. The molecule has 0 spiro atoms. The number of carboxylic acids is 1. The number of aliphatic carboxylic acids is 1. The predicted octanol–water partition coefficient (Wildman–Crippen LogP) is 4.11. The van der Waals surface area contributed by atoms with Crippen LogP contribution in [0.2, 0.25) is 0 Å². The third-order valence-electron chi connectivity index (χ3n) is 3.78. The van der Waals surface area contributed by atoms with Crippen LogP contribution in [0.3, 0.4) is 0 Å². The molecule has 140 valence electrons. The van der Waals surface area contributed by atoms with Gasteiger partial charge >= 0.3 is 5.97 Å². The van der Waals surface area contributed by atoms with Crippen molar-refractivity contribution in [1.29, 1.82) is 0 Å². The first-order valence-corrected chi connectivity index (χ1v) is 8.68. The lowest BCUT2D eigenvalue weighted by atomic mass is 10.2. The normalized spacial score (nSPS) is 10.9. The first-order valence-electron chi connectivity index (χ1n) is 7.86. The average molecular weight is 394 g/mol. The summed E-state index contributed by atoms with van der Waals surface area (Å²) >= 11 is 1.09. The molecule has 1 aromatic heterocycles. The Morgan fingerprint density at radius 1 is 1.04 bits per heavy atom. The molecule has 5 nitrogen and oxygen atoms in total. The van der Waals surface area contributed by atoms with Crippen molar-refractivity contribution in [3.63, 3.8) is 0 Å². The number of carbonyl (C=O) groups excluding carboxylic acids is 1. The molecule has 0 saturated heterocycles. The van der Waals surface area contributed by atoms with Gasteiger partial charge in [0.2, 0.25) is 5.91 Å². The fraction of sp³-hybridized carbons (Fsp3) is 0.167. The van der Waals surface area contributed by atoms with Crippen molar-refractivity contribution in [3.8, 4) is 0 Å². The minimum absolute atomic E-state index is 0.0789. The van der Waals surface area contributed by atoms with Crippen LogP contribution in [0.5, 0.6) is 0 Å². The van der Waals surface area contributed by atoms with E-state index in [9.17, 15) is 22.8 Å². The highest BCUT2D eigenvalue weighted by atomic mass is 32.1. The molecule has 0 unspecified atom stereocenters. The smallest absolute Gasteiger partial charge is 0.303 e. The Balaban J connectivity index is 1.93. The number of amides is 1. The van der Waals surface area contributed by atoms with Crippen LogP contribution in [0.15, 0.2) is 36.4 Å². The first-order chi connectivity index (χ1) is 12.8. The number of carbonyl (C=O) groups is 2. The van der Waals surface area contributed by atoms with Crippen LogP contribution in [0.1, 0.15) is 17.8 Å². The van der Waals surface area contributed by atoms with Gasteiger partial charge in [-0.3, -0.25) is 9.59 Å². The molecule has 1 N–H and O–H groups in total. The fourth-order valence-corrected chi connectivity index (χ4v) is 3.43.